The predicted molar refractivity (Wildman–Crippen MR) is 79.2 cm³/mol. The summed E-state index contributed by atoms with van der Waals surface area (Å²) in [7, 11) is 0. The number of nitrogens with zero attached hydrogens (tertiary/aromatic N) is 1. The molecule has 2 unspecified atom stereocenters. The van der Waals surface area contributed by atoms with E-state index in [1.165, 1.54) is 6.42 Å². The molecule has 0 radical (unpaired) electrons. The second-order valence-electron chi connectivity index (χ2n) is 6.30. The molecular weight excluding hydrogens is 238 g/mol. The minimum absolute atomic E-state index is 0.229. The van der Waals surface area contributed by atoms with Gasteiger partial charge < -0.3 is 5.11 Å². The molecule has 3 heteroatoms. The van der Waals surface area contributed by atoms with Gasteiger partial charge >= 0.3 is 0 Å². The zero-order valence-electron chi connectivity index (χ0n) is 12.9. The van der Waals surface area contributed by atoms with Crippen molar-refractivity contribution in [3.8, 4) is 0 Å². The molecule has 0 aromatic carbocycles. The van der Waals surface area contributed by atoms with Crippen LogP contribution < -0.4 is 0 Å². The van der Waals surface area contributed by atoms with Crippen molar-refractivity contribution in [1.29, 1.82) is 0 Å². The van der Waals surface area contributed by atoms with Crippen LogP contribution in [0.4, 0.5) is 0 Å². The number of hydrogen-bond donors (Lipinski definition) is 1. The minimum atomic E-state index is -0.447. The Morgan fingerprint density at radius 1 is 1.37 bits per heavy atom. The summed E-state index contributed by atoms with van der Waals surface area (Å²) in [5, 5.41) is 10.2. The number of piperidine rings is 1. The van der Waals surface area contributed by atoms with Gasteiger partial charge in [-0.3, -0.25) is 9.69 Å². The number of aliphatic hydroxyl groups excluding tert-OH is 1. The van der Waals surface area contributed by atoms with Crippen molar-refractivity contribution in [2.75, 3.05) is 13.1 Å². The number of hydrogen-bond acceptors (Lipinski definition) is 3. The van der Waals surface area contributed by atoms with Crippen LogP contribution in [0, 0.1) is 5.92 Å². The first kappa shape index (κ1) is 16.6. The molecule has 112 valence electrons. The fraction of sp³-hybridized carbons (Fsp3) is 0.938. The Kier molecular flexibility index (Phi) is 7.62. The van der Waals surface area contributed by atoms with E-state index in [1.807, 2.05) is 0 Å². The number of carbonyl (C=O) groups excluding carboxylic acids is 1. The van der Waals surface area contributed by atoms with Crippen molar-refractivity contribution in [2.45, 2.75) is 77.9 Å². The largest absolute Gasteiger partial charge is 0.391 e. The molecule has 0 saturated carbocycles. The topological polar surface area (TPSA) is 40.5 Å². The van der Waals surface area contributed by atoms with E-state index in [4.69, 9.17) is 0 Å². The van der Waals surface area contributed by atoms with E-state index in [0.29, 0.717) is 12.3 Å². The lowest BCUT2D eigenvalue weighted by Crippen LogP contribution is -2.52. The van der Waals surface area contributed by atoms with E-state index in [2.05, 4.69) is 25.7 Å². The molecule has 0 aliphatic carbocycles. The van der Waals surface area contributed by atoms with Crippen LogP contribution in [-0.2, 0) is 4.79 Å². The molecule has 1 aliphatic rings. The summed E-state index contributed by atoms with van der Waals surface area (Å²) in [6, 6.07) is -0.229. The Morgan fingerprint density at radius 2 is 2.11 bits per heavy atom. The fourth-order valence-electron chi connectivity index (χ4n) is 2.91. The number of rotatable bonds is 8. The monoisotopic (exact) mass is 269 g/mol. The van der Waals surface area contributed by atoms with Crippen molar-refractivity contribution < 1.29 is 9.90 Å². The van der Waals surface area contributed by atoms with Gasteiger partial charge in [0.05, 0.1) is 12.1 Å². The van der Waals surface area contributed by atoms with Gasteiger partial charge in [0.25, 0.3) is 0 Å². The van der Waals surface area contributed by atoms with Gasteiger partial charge in [-0.1, -0.05) is 27.2 Å². The number of likely N-dealkylation sites (tertiary alicyclic amines) is 1. The second kappa shape index (κ2) is 8.70. The van der Waals surface area contributed by atoms with Crippen LogP contribution >= 0.6 is 0 Å². The van der Waals surface area contributed by atoms with E-state index in [1.54, 1.807) is 0 Å². The lowest BCUT2D eigenvalue weighted by atomic mass is 9.92. The summed E-state index contributed by atoms with van der Waals surface area (Å²) < 4.78 is 0. The minimum Gasteiger partial charge on any atom is -0.391 e. The number of ketones is 1. The number of unbranched alkanes of at least 4 members (excludes halogenated alkanes) is 1. The zero-order valence-corrected chi connectivity index (χ0v) is 12.9. The van der Waals surface area contributed by atoms with Crippen LogP contribution in [0.1, 0.15) is 65.7 Å². The molecule has 0 spiro atoms. The Morgan fingerprint density at radius 3 is 2.74 bits per heavy atom. The van der Waals surface area contributed by atoms with E-state index >= 15 is 0 Å². The predicted octanol–water partition coefficient (Wildman–Crippen LogP) is 3.01. The maximum atomic E-state index is 12.3. The van der Waals surface area contributed by atoms with E-state index in [9.17, 15) is 9.90 Å². The normalized spacial score (nSPS) is 24.9. The molecule has 1 heterocycles. The Bertz CT molecular complexity index is 265. The Hall–Kier alpha value is -0.410. The summed E-state index contributed by atoms with van der Waals surface area (Å²) in [6.45, 7) is 8.49. The molecule has 19 heavy (non-hydrogen) atoms. The zero-order chi connectivity index (χ0) is 14.3. The summed E-state index contributed by atoms with van der Waals surface area (Å²) in [4.78, 5) is 14.5. The van der Waals surface area contributed by atoms with Crippen LogP contribution in [-0.4, -0.2) is 41.0 Å². The molecule has 2 atom stereocenters. The first-order chi connectivity index (χ1) is 9.06. The van der Waals surface area contributed by atoms with Crippen molar-refractivity contribution in [2.24, 2.45) is 5.92 Å². The first-order valence-corrected chi connectivity index (χ1v) is 8.01. The lowest BCUT2D eigenvalue weighted by molar-refractivity contribution is -0.131. The van der Waals surface area contributed by atoms with Crippen molar-refractivity contribution in [1.82, 2.24) is 4.90 Å². The van der Waals surface area contributed by atoms with Gasteiger partial charge in [-0.15, -0.1) is 0 Å². The lowest BCUT2D eigenvalue weighted by Gasteiger charge is -2.38. The summed E-state index contributed by atoms with van der Waals surface area (Å²) in [5.41, 5.74) is 0. The van der Waals surface area contributed by atoms with Crippen LogP contribution in [0.2, 0.25) is 0 Å². The second-order valence-corrected chi connectivity index (χ2v) is 6.30. The first-order valence-electron chi connectivity index (χ1n) is 8.01. The fourth-order valence-corrected chi connectivity index (χ4v) is 2.91. The molecule has 1 fully saturated rings. The van der Waals surface area contributed by atoms with Gasteiger partial charge in [0, 0.05) is 6.42 Å². The van der Waals surface area contributed by atoms with E-state index < -0.39 is 6.10 Å². The number of Topliss-reactive ketones (excluding diaryl/α,β-unsaturated/α-hetero) is 1. The van der Waals surface area contributed by atoms with Crippen LogP contribution in [0.3, 0.4) is 0 Å². The summed E-state index contributed by atoms with van der Waals surface area (Å²) >= 11 is 0. The van der Waals surface area contributed by atoms with Crippen LogP contribution in [0.5, 0.6) is 0 Å². The Labute approximate surface area is 118 Å². The average Bonchev–Trinajstić information content (AvgIpc) is 2.35. The van der Waals surface area contributed by atoms with Gasteiger partial charge in [0.2, 0.25) is 0 Å². The SMILES string of the molecule is CCCCC(=O)C1C(O)CCCN1CCCC(C)C. The third kappa shape index (κ3) is 5.62. The van der Waals surface area contributed by atoms with Gasteiger partial charge in [-0.2, -0.15) is 0 Å². The van der Waals surface area contributed by atoms with Gasteiger partial charge in [-0.25, -0.2) is 0 Å². The van der Waals surface area contributed by atoms with Crippen LogP contribution in [0.25, 0.3) is 0 Å². The highest BCUT2D eigenvalue weighted by atomic mass is 16.3. The summed E-state index contributed by atoms with van der Waals surface area (Å²) in [5.74, 6) is 0.961. The van der Waals surface area contributed by atoms with Crippen molar-refractivity contribution in [3.63, 3.8) is 0 Å². The maximum absolute atomic E-state index is 12.3. The molecule has 1 rings (SSSR count). The molecule has 0 bridgehead atoms. The average molecular weight is 269 g/mol. The van der Waals surface area contributed by atoms with Gasteiger partial charge in [0.15, 0.2) is 5.78 Å². The standard InChI is InChI=1S/C16H31NO2/c1-4-5-9-14(18)16-15(19)10-7-12-17(16)11-6-8-13(2)3/h13,15-16,19H,4-12H2,1-3H3. The summed E-state index contributed by atoms with van der Waals surface area (Å²) in [6.07, 6.45) is 6.29. The molecule has 3 nitrogen and oxygen atoms in total. The van der Waals surface area contributed by atoms with Gasteiger partial charge in [0.1, 0.15) is 0 Å². The van der Waals surface area contributed by atoms with E-state index in [-0.39, 0.29) is 11.8 Å². The Balaban J connectivity index is 2.51. The highest BCUT2D eigenvalue weighted by Crippen LogP contribution is 2.21. The molecule has 1 aliphatic heterocycles. The molecule has 1 saturated heterocycles. The molecular formula is C16H31NO2. The van der Waals surface area contributed by atoms with Gasteiger partial charge in [-0.05, 0) is 51.1 Å². The van der Waals surface area contributed by atoms with Crippen molar-refractivity contribution in [3.05, 3.63) is 0 Å². The number of carbonyl (C=O) groups is 1. The highest BCUT2D eigenvalue weighted by molar-refractivity contribution is 5.84. The maximum Gasteiger partial charge on any atom is 0.152 e. The molecule has 1 N–H and O–H groups in total. The third-order valence-electron chi connectivity index (χ3n) is 4.04. The molecule has 0 amide bonds. The molecule has 0 aromatic rings. The quantitative estimate of drug-likeness (QED) is 0.736. The van der Waals surface area contributed by atoms with Crippen LogP contribution in [0.15, 0.2) is 0 Å². The third-order valence-corrected chi connectivity index (χ3v) is 4.04. The highest BCUT2D eigenvalue weighted by Gasteiger charge is 2.34. The van der Waals surface area contributed by atoms with Crippen molar-refractivity contribution >= 4 is 5.78 Å². The molecule has 0 aromatic heterocycles. The smallest absolute Gasteiger partial charge is 0.152 e. The number of aliphatic hydroxyl groups is 1. The van der Waals surface area contributed by atoms with E-state index in [0.717, 1.165) is 45.2 Å².